The summed E-state index contributed by atoms with van der Waals surface area (Å²) in [4.78, 5) is 4.99. The Balaban J connectivity index is 1.10. The van der Waals surface area contributed by atoms with E-state index in [9.17, 15) is 0 Å². The van der Waals surface area contributed by atoms with Gasteiger partial charge >= 0.3 is 0 Å². The van der Waals surface area contributed by atoms with E-state index in [1.807, 2.05) is 36.4 Å². The van der Waals surface area contributed by atoms with E-state index in [0.717, 1.165) is 43.9 Å². The van der Waals surface area contributed by atoms with Gasteiger partial charge < -0.3 is 9.73 Å². The Labute approximate surface area is 273 Å². The summed E-state index contributed by atoms with van der Waals surface area (Å²) in [5.41, 5.74) is 9.76. The molecule has 8 aromatic rings. The second-order valence-corrected chi connectivity index (χ2v) is 12.1. The van der Waals surface area contributed by atoms with Crippen molar-refractivity contribution in [1.29, 1.82) is 0 Å². The molecule has 0 amide bonds. The number of nitrogens with zero attached hydrogens (tertiary/aromatic N) is 1. The highest BCUT2D eigenvalue weighted by Crippen LogP contribution is 2.37. The molecule has 224 valence electrons. The standard InChI is InChI=1S/C43H31N3O/c1-4-10-28(11-5-1)29-16-18-31(19-17-29)38-27-37(30-12-6-2-7-13-30)44-42(45-38)35-22-24-36-34(26-35)21-20-32-23-25-39-41(40(32)36)46-43(47-39)33-14-8-3-9-15-33/h1-27,38,42,44-45H. The Morgan fingerprint density at radius 3 is 1.89 bits per heavy atom. The maximum absolute atomic E-state index is 6.23. The van der Waals surface area contributed by atoms with Crippen molar-refractivity contribution < 1.29 is 4.42 Å². The molecule has 0 saturated carbocycles. The first-order valence-corrected chi connectivity index (χ1v) is 16.0. The second-order valence-electron chi connectivity index (χ2n) is 12.1. The van der Waals surface area contributed by atoms with E-state index in [1.165, 1.54) is 27.8 Å². The van der Waals surface area contributed by atoms with Gasteiger partial charge in [-0.15, -0.1) is 0 Å². The minimum absolute atomic E-state index is 0.0275. The summed E-state index contributed by atoms with van der Waals surface area (Å²) < 4.78 is 6.23. The molecule has 0 spiro atoms. The van der Waals surface area contributed by atoms with Gasteiger partial charge in [-0.2, -0.15) is 0 Å². The summed E-state index contributed by atoms with van der Waals surface area (Å²) in [6, 6.07) is 55.4. The summed E-state index contributed by atoms with van der Waals surface area (Å²) in [5.74, 6) is 0.639. The van der Waals surface area contributed by atoms with Gasteiger partial charge in [0.05, 0.1) is 6.04 Å². The van der Waals surface area contributed by atoms with Crippen LogP contribution in [0.2, 0.25) is 0 Å². The fourth-order valence-corrected chi connectivity index (χ4v) is 6.76. The molecular formula is C43H31N3O. The van der Waals surface area contributed by atoms with Crippen LogP contribution in [0, 0.1) is 0 Å². The Kier molecular flexibility index (Phi) is 6.65. The topological polar surface area (TPSA) is 50.1 Å². The fraction of sp³-hybridized carbons (Fsp3) is 0.0465. The van der Waals surface area contributed by atoms with Crippen molar-refractivity contribution in [2.45, 2.75) is 12.2 Å². The highest BCUT2D eigenvalue weighted by molar-refractivity contribution is 6.18. The molecule has 9 rings (SSSR count). The zero-order valence-electron chi connectivity index (χ0n) is 25.6. The normalized spacial score (nSPS) is 16.3. The third-order valence-electron chi connectivity index (χ3n) is 9.18. The highest BCUT2D eigenvalue weighted by Gasteiger charge is 2.25. The molecule has 2 N–H and O–H groups in total. The van der Waals surface area contributed by atoms with E-state index in [1.54, 1.807) is 0 Å². The number of hydrogen-bond donors (Lipinski definition) is 2. The predicted octanol–water partition coefficient (Wildman–Crippen LogP) is 10.4. The lowest BCUT2D eigenvalue weighted by Crippen LogP contribution is -2.39. The smallest absolute Gasteiger partial charge is 0.227 e. The Bertz CT molecular complexity index is 2400. The van der Waals surface area contributed by atoms with Gasteiger partial charge in [0.15, 0.2) is 5.58 Å². The van der Waals surface area contributed by atoms with Crippen molar-refractivity contribution in [2.24, 2.45) is 0 Å². The number of rotatable bonds is 5. The molecule has 47 heavy (non-hydrogen) atoms. The monoisotopic (exact) mass is 605 g/mol. The summed E-state index contributed by atoms with van der Waals surface area (Å²) in [7, 11) is 0. The first-order valence-electron chi connectivity index (χ1n) is 16.0. The summed E-state index contributed by atoms with van der Waals surface area (Å²) in [6.45, 7) is 0. The predicted molar refractivity (Wildman–Crippen MR) is 193 cm³/mol. The van der Waals surface area contributed by atoms with Crippen molar-refractivity contribution in [2.75, 3.05) is 0 Å². The molecule has 7 aromatic carbocycles. The van der Waals surface area contributed by atoms with E-state index in [4.69, 9.17) is 9.40 Å². The molecule has 0 bridgehead atoms. The Morgan fingerprint density at radius 2 is 1.15 bits per heavy atom. The van der Waals surface area contributed by atoms with Crippen molar-refractivity contribution in [3.05, 3.63) is 180 Å². The van der Waals surface area contributed by atoms with Crippen LogP contribution in [0.5, 0.6) is 0 Å². The number of nitrogens with one attached hydrogen (secondary N) is 2. The van der Waals surface area contributed by atoms with E-state index in [2.05, 4.69) is 138 Å². The number of aromatic nitrogens is 1. The lowest BCUT2D eigenvalue weighted by atomic mass is 9.95. The molecule has 0 fully saturated rings. The van der Waals surface area contributed by atoms with Gasteiger partial charge in [0.1, 0.15) is 11.7 Å². The molecule has 0 aliphatic carbocycles. The first-order chi connectivity index (χ1) is 23.3. The molecule has 1 aliphatic heterocycles. The van der Waals surface area contributed by atoms with Gasteiger partial charge in [0, 0.05) is 16.6 Å². The molecule has 2 unspecified atom stereocenters. The van der Waals surface area contributed by atoms with Gasteiger partial charge in [-0.1, -0.05) is 133 Å². The summed E-state index contributed by atoms with van der Waals surface area (Å²) in [5, 5.41) is 12.3. The molecule has 4 nitrogen and oxygen atoms in total. The van der Waals surface area contributed by atoms with Gasteiger partial charge in [-0.3, -0.25) is 5.32 Å². The van der Waals surface area contributed by atoms with Crippen LogP contribution in [-0.4, -0.2) is 4.98 Å². The van der Waals surface area contributed by atoms with Crippen LogP contribution in [0.1, 0.15) is 28.9 Å². The van der Waals surface area contributed by atoms with Gasteiger partial charge in [-0.05, 0) is 74.3 Å². The largest absolute Gasteiger partial charge is 0.436 e. The molecule has 1 aromatic heterocycles. The maximum Gasteiger partial charge on any atom is 0.227 e. The number of hydrogen-bond acceptors (Lipinski definition) is 4. The minimum Gasteiger partial charge on any atom is -0.436 e. The van der Waals surface area contributed by atoms with Crippen LogP contribution in [0.3, 0.4) is 0 Å². The van der Waals surface area contributed by atoms with Crippen molar-refractivity contribution >= 4 is 38.3 Å². The van der Waals surface area contributed by atoms with E-state index in [-0.39, 0.29) is 12.2 Å². The van der Waals surface area contributed by atoms with Gasteiger partial charge in [-0.25, -0.2) is 4.98 Å². The molecule has 1 aliphatic rings. The van der Waals surface area contributed by atoms with Crippen LogP contribution in [0.25, 0.3) is 60.9 Å². The number of fused-ring (bicyclic) bond motifs is 5. The minimum atomic E-state index is -0.0957. The molecule has 2 heterocycles. The van der Waals surface area contributed by atoms with E-state index < -0.39 is 0 Å². The fourth-order valence-electron chi connectivity index (χ4n) is 6.76. The van der Waals surface area contributed by atoms with Crippen LogP contribution in [0.15, 0.2) is 168 Å². The zero-order valence-corrected chi connectivity index (χ0v) is 25.6. The van der Waals surface area contributed by atoms with Crippen LogP contribution in [-0.2, 0) is 0 Å². The summed E-state index contributed by atoms with van der Waals surface area (Å²) >= 11 is 0. The maximum atomic E-state index is 6.23. The van der Waals surface area contributed by atoms with Gasteiger partial charge in [0.2, 0.25) is 5.89 Å². The van der Waals surface area contributed by atoms with E-state index >= 15 is 0 Å². The third-order valence-corrected chi connectivity index (χ3v) is 9.18. The van der Waals surface area contributed by atoms with Crippen molar-refractivity contribution in [3.63, 3.8) is 0 Å². The van der Waals surface area contributed by atoms with Crippen molar-refractivity contribution in [3.8, 4) is 22.6 Å². The lowest BCUT2D eigenvalue weighted by Gasteiger charge is -2.33. The Hall–Kier alpha value is -5.97. The number of benzene rings is 7. The van der Waals surface area contributed by atoms with Crippen molar-refractivity contribution in [1.82, 2.24) is 15.6 Å². The quantitative estimate of drug-likeness (QED) is 0.192. The van der Waals surface area contributed by atoms with Crippen LogP contribution < -0.4 is 10.6 Å². The lowest BCUT2D eigenvalue weighted by molar-refractivity contribution is 0.443. The molecule has 2 atom stereocenters. The van der Waals surface area contributed by atoms with E-state index in [0.29, 0.717) is 5.89 Å². The molecule has 0 radical (unpaired) electrons. The first kappa shape index (κ1) is 27.3. The zero-order chi connectivity index (χ0) is 31.2. The highest BCUT2D eigenvalue weighted by atomic mass is 16.3. The SMILES string of the molecule is C1=C(c2ccccc2)NC(c2ccc3c(ccc4ccc5oc(-c6ccccc6)nc5c43)c2)NC1c1ccc(-c2ccccc2)cc1. The second kappa shape index (κ2) is 11.4. The summed E-state index contributed by atoms with van der Waals surface area (Å²) in [6.07, 6.45) is 2.20. The Morgan fingerprint density at radius 1 is 0.532 bits per heavy atom. The van der Waals surface area contributed by atoms with Gasteiger partial charge in [0.25, 0.3) is 0 Å². The average Bonchev–Trinajstić information content (AvgIpc) is 3.60. The number of oxazole rings is 1. The van der Waals surface area contributed by atoms with Crippen LogP contribution >= 0.6 is 0 Å². The average molecular weight is 606 g/mol. The third kappa shape index (κ3) is 5.05. The van der Waals surface area contributed by atoms with Crippen LogP contribution in [0.4, 0.5) is 0 Å². The molecule has 0 saturated heterocycles. The molecule has 4 heteroatoms. The molecular weight excluding hydrogens is 574 g/mol.